The highest BCUT2D eigenvalue weighted by Gasteiger charge is 2.48. The van der Waals surface area contributed by atoms with Crippen molar-refractivity contribution in [1.29, 1.82) is 0 Å². The Morgan fingerprint density at radius 1 is 1.38 bits per heavy atom. The van der Waals surface area contributed by atoms with Crippen molar-refractivity contribution in [1.82, 2.24) is 0 Å². The van der Waals surface area contributed by atoms with E-state index in [4.69, 9.17) is 4.74 Å². The Morgan fingerprint density at radius 3 is 2.56 bits per heavy atom. The molecule has 0 bridgehead atoms. The zero-order valence-corrected chi connectivity index (χ0v) is 9.69. The third-order valence-corrected chi connectivity index (χ3v) is 3.58. The molecule has 1 aliphatic rings. The van der Waals surface area contributed by atoms with Crippen LogP contribution in [0.4, 0.5) is 0 Å². The molecule has 0 amide bonds. The predicted molar refractivity (Wildman–Crippen MR) is 62.8 cm³/mol. The molecule has 1 fully saturated rings. The molecule has 0 radical (unpaired) electrons. The number of carbonyl (C=O) groups is 1. The highest BCUT2D eigenvalue weighted by molar-refractivity contribution is 5.92. The largest absolute Gasteiger partial charge is 0.453 e. The first-order valence-corrected chi connectivity index (χ1v) is 5.55. The first kappa shape index (κ1) is 10.9. The summed E-state index contributed by atoms with van der Waals surface area (Å²) >= 11 is 0. The number of cyclic esters (lactones) is 1. The lowest BCUT2D eigenvalue weighted by molar-refractivity contribution is -0.140. The lowest BCUT2D eigenvalue weighted by Crippen LogP contribution is -2.21. The van der Waals surface area contributed by atoms with E-state index in [1.54, 1.807) is 0 Å². The minimum Gasteiger partial charge on any atom is -0.453 e. The number of ether oxygens (including phenoxy) is 1. The fourth-order valence-electron chi connectivity index (χ4n) is 2.16. The molecule has 2 atom stereocenters. The standard InChI is InChI=1S/C14H16O2/c1-4-14(3)10(2)13(15)16-12(14)11-8-6-5-7-9-11/h5-9,12H,2,4H2,1,3H3/t12-,14+/m1/s1. The van der Waals surface area contributed by atoms with Gasteiger partial charge in [0.05, 0.1) is 0 Å². The van der Waals surface area contributed by atoms with Crippen LogP contribution in [0, 0.1) is 5.41 Å². The predicted octanol–water partition coefficient (Wildman–Crippen LogP) is 3.26. The monoisotopic (exact) mass is 216 g/mol. The molecule has 1 aromatic rings. The molecule has 1 saturated heterocycles. The van der Waals surface area contributed by atoms with E-state index >= 15 is 0 Å². The first-order chi connectivity index (χ1) is 7.59. The molecule has 84 valence electrons. The third-order valence-electron chi connectivity index (χ3n) is 3.58. The van der Waals surface area contributed by atoms with E-state index in [0.29, 0.717) is 5.57 Å². The van der Waals surface area contributed by atoms with E-state index in [2.05, 4.69) is 13.5 Å². The second-order valence-electron chi connectivity index (χ2n) is 4.45. The van der Waals surface area contributed by atoms with Gasteiger partial charge in [-0.25, -0.2) is 4.79 Å². The second-order valence-corrected chi connectivity index (χ2v) is 4.45. The van der Waals surface area contributed by atoms with E-state index in [-0.39, 0.29) is 17.5 Å². The van der Waals surface area contributed by atoms with Crippen LogP contribution in [0.2, 0.25) is 0 Å². The van der Waals surface area contributed by atoms with E-state index in [1.807, 2.05) is 37.3 Å². The molecule has 0 saturated carbocycles. The van der Waals surface area contributed by atoms with Gasteiger partial charge in [0.2, 0.25) is 0 Å². The number of carbonyl (C=O) groups excluding carboxylic acids is 1. The Morgan fingerprint density at radius 2 is 2.00 bits per heavy atom. The molecule has 16 heavy (non-hydrogen) atoms. The number of rotatable bonds is 2. The molecular formula is C14H16O2. The maximum absolute atomic E-state index is 11.6. The Kier molecular flexibility index (Phi) is 2.58. The van der Waals surface area contributed by atoms with Crippen molar-refractivity contribution >= 4 is 5.97 Å². The van der Waals surface area contributed by atoms with Gasteiger partial charge in [0.1, 0.15) is 6.10 Å². The molecule has 1 aromatic carbocycles. The summed E-state index contributed by atoms with van der Waals surface area (Å²) < 4.78 is 5.43. The summed E-state index contributed by atoms with van der Waals surface area (Å²) in [5, 5.41) is 0. The van der Waals surface area contributed by atoms with Gasteiger partial charge in [0, 0.05) is 11.0 Å². The molecular weight excluding hydrogens is 200 g/mol. The molecule has 0 N–H and O–H groups in total. The molecule has 0 spiro atoms. The van der Waals surface area contributed by atoms with Crippen molar-refractivity contribution < 1.29 is 9.53 Å². The SMILES string of the molecule is C=C1C(=O)O[C@H](c2ccccc2)[C@@]1(C)CC. The van der Waals surface area contributed by atoms with Crippen molar-refractivity contribution in [3.8, 4) is 0 Å². The highest BCUT2D eigenvalue weighted by atomic mass is 16.6. The number of hydrogen-bond donors (Lipinski definition) is 0. The maximum Gasteiger partial charge on any atom is 0.334 e. The van der Waals surface area contributed by atoms with E-state index in [1.165, 1.54) is 0 Å². The molecule has 0 unspecified atom stereocenters. The Balaban J connectivity index is 2.43. The van der Waals surface area contributed by atoms with Crippen LogP contribution in [0.25, 0.3) is 0 Å². The topological polar surface area (TPSA) is 26.3 Å². The fraction of sp³-hybridized carbons (Fsp3) is 0.357. The van der Waals surface area contributed by atoms with Crippen molar-refractivity contribution in [2.75, 3.05) is 0 Å². The van der Waals surface area contributed by atoms with Crippen molar-refractivity contribution in [2.24, 2.45) is 5.41 Å². The Hall–Kier alpha value is -1.57. The minimum atomic E-state index is -0.279. The van der Waals surface area contributed by atoms with Gasteiger partial charge in [0.25, 0.3) is 0 Å². The Labute approximate surface area is 95.9 Å². The normalized spacial score (nSPS) is 29.2. The zero-order valence-electron chi connectivity index (χ0n) is 9.69. The Bertz CT molecular complexity index is 422. The van der Waals surface area contributed by atoms with E-state index in [0.717, 1.165) is 12.0 Å². The fourth-order valence-corrected chi connectivity index (χ4v) is 2.16. The van der Waals surface area contributed by atoms with Crippen molar-refractivity contribution in [2.45, 2.75) is 26.4 Å². The van der Waals surface area contributed by atoms with Gasteiger partial charge in [-0.05, 0) is 12.0 Å². The van der Waals surface area contributed by atoms with Gasteiger partial charge in [-0.1, -0.05) is 50.8 Å². The molecule has 1 heterocycles. The van der Waals surface area contributed by atoms with Gasteiger partial charge >= 0.3 is 5.97 Å². The van der Waals surface area contributed by atoms with Crippen molar-refractivity contribution in [3.63, 3.8) is 0 Å². The average molecular weight is 216 g/mol. The lowest BCUT2D eigenvalue weighted by Gasteiger charge is -2.27. The van der Waals surface area contributed by atoms with Gasteiger partial charge in [-0.2, -0.15) is 0 Å². The zero-order chi connectivity index (χ0) is 11.8. The summed E-state index contributed by atoms with van der Waals surface area (Å²) in [6, 6.07) is 9.86. The number of benzene rings is 1. The van der Waals surface area contributed by atoms with Crippen LogP contribution in [-0.2, 0) is 9.53 Å². The molecule has 0 aliphatic carbocycles. The number of esters is 1. The highest BCUT2D eigenvalue weighted by Crippen LogP contribution is 2.50. The first-order valence-electron chi connectivity index (χ1n) is 5.55. The van der Waals surface area contributed by atoms with Crippen LogP contribution in [0.15, 0.2) is 42.5 Å². The summed E-state index contributed by atoms with van der Waals surface area (Å²) in [6.45, 7) is 7.96. The van der Waals surface area contributed by atoms with Crippen LogP contribution in [0.5, 0.6) is 0 Å². The lowest BCUT2D eigenvalue weighted by atomic mass is 9.75. The summed E-state index contributed by atoms with van der Waals surface area (Å²) in [4.78, 5) is 11.6. The summed E-state index contributed by atoms with van der Waals surface area (Å²) in [6.07, 6.45) is 0.649. The van der Waals surface area contributed by atoms with Crippen LogP contribution < -0.4 is 0 Å². The van der Waals surface area contributed by atoms with Crippen LogP contribution in [0.1, 0.15) is 31.9 Å². The van der Waals surface area contributed by atoms with Gasteiger partial charge in [-0.15, -0.1) is 0 Å². The molecule has 2 nitrogen and oxygen atoms in total. The van der Waals surface area contributed by atoms with Gasteiger partial charge < -0.3 is 4.74 Å². The average Bonchev–Trinajstić information content (AvgIpc) is 2.56. The van der Waals surface area contributed by atoms with E-state index < -0.39 is 0 Å². The number of hydrogen-bond acceptors (Lipinski definition) is 2. The van der Waals surface area contributed by atoms with Crippen molar-refractivity contribution in [3.05, 3.63) is 48.0 Å². The minimum absolute atomic E-state index is 0.196. The summed E-state index contributed by atoms with van der Waals surface area (Å²) in [5.74, 6) is -0.266. The summed E-state index contributed by atoms with van der Waals surface area (Å²) in [5.41, 5.74) is 1.35. The van der Waals surface area contributed by atoms with Crippen LogP contribution in [-0.4, -0.2) is 5.97 Å². The molecule has 0 aromatic heterocycles. The maximum atomic E-state index is 11.6. The van der Waals surface area contributed by atoms with Crippen LogP contribution >= 0.6 is 0 Å². The van der Waals surface area contributed by atoms with E-state index in [9.17, 15) is 4.79 Å². The molecule has 2 heteroatoms. The van der Waals surface area contributed by atoms with Gasteiger partial charge in [0.15, 0.2) is 0 Å². The molecule has 1 aliphatic heterocycles. The quantitative estimate of drug-likeness (QED) is 0.560. The molecule has 2 rings (SSSR count). The third kappa shape index (κ3) is 1.45. The second kappa shape index (κ2) is 3.78. The van der Waals surface area contributed by atoms with Crippen LogP contribution in [0.3, 0.4) is 0 Å². The smallest absolute Gasteiger partial charge is 0.334 e. The van der Waals surface area contributed by atoms with Gasteiger partial charge in [-0.3, -0.25) is 0 Å². The summed E-state index contributed by atoms with van der Waals surface area (Å²) in [7, 11) is 0.